The first kappa shape index (κ1) is 26.5. The van der Waals surface area contributed by atoms with Crippen LogP contribution in [0.5, 0.6) is 0 Å². The number of alkyl halides is 3. The summed E-state index contributed by atoms with van der Waals surface area (Å²) in [6.07, 6.45) is -3.35. The number of guanidine groups is 1. The molecule has 1 atom stereocenters. The number of rotatable bonds is 8. The highest BCUT2D eigenvalue weighted by Crippen LogP contribution is 2.31. The van der Waals surface area contributed by atoms with Crippen molar-refractivity contribution in [3.05, 3.63) is 35.4 Å². The molecule has 1 aromatic carbocycles. The number of halogens is 4. The molecule has 28 heavy (non-hydrogen) atoms. The van der Waals surface area contributed by atoms with Crippen molar-refractivity contribution in [1.29, 1.82) is 0 Å². The molecular weight excluding hydrogens is 484 g/mol. The van der Waals surface area contributed by atoms with Crippen molar-refractivity contribution in [3.63, 3.8) is 0 Å². The second kappa shape index (κ2) is 12.8. The van der Waals surface area contributed by atoms with Gasteiger partial charge in [0.15, 0.2) is 5.96 Å². The van der Waals surface area contributed by atoms with E-state index in [1.54, 1.807) is 20.2 Å². The molecule has 0 saturated heterocycles. The monoisotopic (exact) mass is 514 g/mol. The molecule has 0 fully saturated rings. The van der Waals surface area contributed by atoms with Gasteiger partial charge in [0.25, 0.3) is 0 Å². The van der Waals surface area contributed by atoms with Crippen molar-refractivity contribution in [2.75, 3.05) is 33.7 Å². The summed E-state index contributed by atoms with van der Waals surface area (Å²) in [4.78, 5) is 17.6. The third-order valence-corrected chi connectivity index (χ3v) is 4.09. The van der Waals surface area contributed by atoms with Crippen molar-refractivity contribution < 1.29 is 18.0 Å². The highest BCUT2D eigenvalue weighted by atomic mass is 127. The number of amides is 1. The lowest BCUT2D eigenvalue weighted by Crippen LogP contribution is -2.39. The SMILES string of the molecule is CCNC(=NCCC(C)c1cccc(C(F)(F)F)c1)NCCC(=O)N(C)C.I. The first-order valence-corrected chi connectivity index (χ1v) is 9.04. The molecule has 1 rings (SSSR count). The van der Waals surface area contributed by atoms with E-state index in [1.165, 1.54) is 17.0 Å². The third kappa shape index (κ3) is 9.61. The molecule has 1 unspecified atom stereocenters. The molecule has 5 nitrogen and oxygen atoms in total. The standard InChI is InChI=1S/C19H29F3N4O.HI/c1-5-23-18(25-12-10-17(27)26(3)4)24-11-9-14(2)15-7-6-8-16(13-15)19(20,21)22;/h6-8,13-14H,5,9-12H2,1-4H3,(H2,23,24,25);1H. The minimum Gasteiger partial charge on any atom is -0.357 e. The molecule has 1 amide bonds. The van der Waals surface area contributed by atoms with E-state index in [1.807, 2.05) is 13.8 Å². The molecule has 160 valence electrons. The second-order valence-corrected chi connectivity index (χ2v) is 6.54. The van der Waals surface area contributed by atoms with Gasteiger partial charge in [0.2, 0.25) is 5.91 Å². The first-order valence-electron chi connectivity index (χ1n) is 9.04. The molecule has 0 aliphatic rings. The van der Waals surface area contributed by atoms with Crippen molar-refractivity contribution in [2.24, 2.45) is 4.99 Å². The number of hydrogen-bond donors (Lipinski definition) is 2. The Morgan fingerprint density at radius 1 is 1.25 bits per heavy atom. The highest BCUT2D eigenvalue weighted by Gasteiger charge is 2.30. The predicted molar refractivity (Wildman–Crippen MR) is 117 cm³/mol. The van der Waals surface area contributed by atoms with E-state index in [-0.39, 0.29) is 35.8 Å². The van der Waals surface area contributed by atoms with Gasteiger partial charge in [-0.05, 0) is 30.9 Å². The summed E-state index contributed by atoms with van der Waals surface area (Å²) in [5.41, 5.74) is 0.0190. The Labute approximate surface area is 182 Å². The van der Waals surface area contributed by atoms with Gasteiger partial charge in [-0.3, -0.25) is 9.79 Å². The van der Waals surface area contributed by atoms with Crippen LogP contribution in [0, 0.1) is 0 Å². The van der Waals surface area contributed by atoms with Gasteiger partial charge < -0.3 is 15.5 Å². The third-order valence-electron chi connectivity index (χ3n) is 4.09. The summed E-state index contributed by atoms with van der Waals surface area (Å²) in [6.45, 7) is 5.44. The van der Waals surface area contributed by atoms with E-state index in [2.05, 4.69) is 15.6 Å². The van der Waals surface area contributed by atoms with Crippen LogP contribution < -0.4 is 10.6 Å². The molecule has 2 N–H and O–H groups in total. The topological polar surface area (TPSA) is 56.7 Å². The van der Waals surface area contributed by atoms with E-state index in [0.29, 0.717) is 44.0 Å². The zero-order valence-corrected chi connectivity index (χ0v) is 19.1. The second-order valence-electron chi connectivity index (χ2n) is 6.54. The molecule has 0 heterocycles. The van der Waals surface area contributed by atoms with Crippen molar-refractivity contribution in [3.8, 4) is 0 Å². The fourth-order valence-electron chi connectivity index (χ4n) is 2.41. The quantitative estimate of drug-likeness (QED) is 0.315. The molecule has 0 bridgehead atoms. The number of aliphatic imine (C=N–C) groups is 1. The maximum absolute atomic E-state index is 12.8. The Hall–Kier alpha value is -1.52. The zero-order valence-electron chi connectivity index (χ0n) is 16.8. The van der Waals surface area contributed by atoms with Gasteiger partial charge in [-0.15, -0.1) is 24.0 Å². The van der Waals surface area contributed by atoms with Crippen LogP contribution >= 0.6 is 24.0 Å². The van der Waals surface area contributed by atoms with Gasteiger partial charge in [0, 0.05) is 40.2 Å². The van der Waals surface area contributed by atoms with Crippen molar-refractivity contribution >= 4 is 35.8 Å². The fraction of sp³-hybridized carbons (Fsp3) is 0.579. The summed E-state index contributed by atoms with van der Waals surface area (Å²) in [5.74, 6) is 0.575. The number of carbonyl (C=O) groups is 1. The van der Waals surface area contributed by atoms with Gasteiger partial charge in [0.1, 0.15) is 0 Å². The Bertz CT molecular complexity index is 636. The molecule has 0 aliphatic heterocycles. The molecule has 0 spiro atoms. The van der Waals surface area contributed by atoms with Gasteiger partial charge in [-0.25, -0.2) is 0 Å². The lowest BCUT2D eigenvalue weighted by molar-refractivity contribution is -0.137. The Balaban J connectivity index is 0.00000729. The summed E-state index contributed by atoms with van der Waals surface area (Å²) in [5, 5.41) is 6.18. The number of hydrogen-bond acceptors (Lipinski definition) is 2. The van der Waals surface area contributed by atoms with Crippen LogP contribution in [0.1, 0.15) is 43.7 Å². The largest absolute Gasteiger partial charge is 0.416 e. The van der Waals surface area contributed by atoms with E-state index in [4.69, 9.17) is 0 Å². The number of nitrogens with one attached hydrogen (secondary N) is 2. The summed E-state index contributed by atoms with van der Waals surface area (Å²) < 4.78 is 38.5. The molecule has 9 heteroatoms. The van der Waals surface area contributed by atoms with Gasteiger partial charge >= 0.3 is 6.18 Å². The lowest BCUT2D eigenvalue weighted by atomic mass is 9.96. The summed E-state index contributed by atoms with van der Waals surface area (Å²) >= 11 is 0. The minimum atomic E-state index is -4.33. The van der Waals surface area contributed by atoms with Crippen LogP contribution in [-0.4, -0.2) is 50.5 Å². The van der Waals surface area contributed by atoms with Gasteiger partial charge in [-0.2, -0.15) is 13.2 Å². The van der Waals surface area contributed by atoms with E-state index >= 15 is 0 Å². The maximum Gasteiger partial charge on any atom is 0.416 e. The van der Waals surface area contributed by atoms with Crippen LogP contribution in [0.4, 0.5) is 13.2 Å². The predicted octanol–water partition coefficient (Wildman–Crippen LogP) is 3.85. The molecule has 0 aliphatic carbocycles. The number of carbonyl (C=O) groups excluding carboxylic acids is 1. The zero-order chi connectivity index (χ0) is 20.4. The van der Waals surface area contributed by atoms with Gasteiger partial charge in [0.05, 0.1) is 5.56 Å². The molecular formula is C19H30F3IN4O. The number of benzene rings is 1. The molecule has 1 aromatic rings. The number of nitrogens with zero attached hydrogens (tertiary/aromatic N) is 2. The molecule has 0 saturated carbocycles. The Morgan fingerprint density at radius 3 is 2.50 bits per heavy atom. The molecule has 0 radical (unpaired) electrons. The normalized spacial score (nSPS) is 12.8. The van der Waals surface area contributed by atoms with Crippen molar-refractivity contribution in [1.82, 2.24) is 15.5 Å². The Kier molecular flexibility index (Phi) is 12.1. The van der Waals surface area contributed by atoms with Crippen LogP contribution in [0.3, 0.4) is 0 Å². The fourth-order valence-corrected chi connectivity index (χ4v) is 2.41. The maximum atomic E-state index is 12.8. The highest BCUT2D eigenvalue weighted by molar-refractivity contribution is 14.0. The van der Waals surface area contributed by atoms with Crippen LogP contribution in [0.15, 0.2) is 29.3 Å². The van der Waals surface area contributed by atoms with Crippen molar-refractivity contribution in [2.45, 2.75) is 38.8 Å². The van der Waals surface area contributed by atoms with Crippen LogP contribution in [0.2, 0.25) is 0 Å². The average molecular weight is 514 g/mol. The van der Waals surface area contributed by atoms with E-state index in [0.717, 1.165) is 6.07 Å². The first-order chi connectivity index (χ1) is 12.6. The summed E-state index contributed by atoms with van der Waals surface area (Å²) in [7, 11) is 3.41. The lowest BCUT2D eigenvalue weighted by Gasteiger charge is -2.15. The minimum absolute atomic E-state index is 0. The van der Waals surface area contributed by atoms with Gasteiger partial charge in [-0.1, -0.05) is 25.1 Å². The summed E-state index contributed by atoms with van der Waals surface area (Å²) in [6, 6.07) is 5.42. The molecule has 0 aromatic heterocycles. The average Bonchev–Trinajstić information content (AvgIpc) is 2.60. The van der Waals surface area contributed by atoms with E-state index in [9.17, 15) is 18.0 Å². The van der Waals surface area contributed by atoms with Crippen LogP contribution in [0.25, 0.3) is 0 Å². The smallest absolute Gasteiger partial charge is 0.357 e. The Morgan fingerprint density at radius 2 is 1.93 bits per heavy atom. The van der Waals surface area contributed by atoms with Crippen LogP contribution in [-0.2, 0) is 11.0 Å². The van der Waals surface area contributed by atoms with E-state index < -0.39 is 11.7 Å².